The van der Waals surface area contributed by atoms with E-state index in [4.69, 9.17) is 4.42 Å². The SMILES string of the molecule is C[C@@H](O)c1cccc(NC(=O)c2ccco2)c1. The molecule has 2 rings (SSSR count). The van der Waals surface area contributed by atoms with Crippen LogP contribution >= 0.6 is 0 Å². The molecule has 0 saturated heterocycles. The zero-order valence-electron chi connectivity index (χ0n) is 9.38. The second-order valence-electron chi connectivity index (χ2n) is 3.73. The van der Waals surface area contributed by atoms with Gasteiger partial charge in [0.1, 0.15) is 0 Å². The zero-order valence-corrected chi connectivity index (χ0v) is 9.38. The van der Waals surface area contributed by atoms with Gasteiger partial charge in [-0.1, -0.05) is 12.1 Å². The lowest BCUT2D eigenvalue weighted by Crippen LogP contribution is -2.11. The molecule has 2 aromatic rings. The first-order chi connectivity index (χ1) is 8.16. The molecule has 88 valence electrons. The molecule has 0 aliphatic carbocycles. The monoisotopic (exact) mass is 231 g/mol. The van der Waals surface area contributed by atoms with Crippen molar-refractivity contribution in [2.75, 3.05) is 5.32 Å². The van der Waals surface area contributed by atoms with Gasteiger partial charge in [0.25, 0.3) is 5.91 Å². The lowest BCUT2D eigenvalue weighted by molar-refractivity contribution is 0.0996. The van der Waals surface area contributed by atoms with Crippen molar-refractivity contribution in [3.8, 4) is 0 Å². The van der Waals surface area contributed by atoms with Crippen molar-refractivity contribution in [1.82, 2.24) is 0 Å². The van der Waals surface area contributed by atoms with Gasteiger partial charge in [-0.15, -0.1) is 0 Å². The van der Waals surface area contributed by atoms with Crippen molar-refractivity contribution < 1.29 is 14.3 Å². The smallest absolute Gasteiger partial charge is 0.291 e. The Balaban J connectivity index is 2.14. The van der Waals surface area contributed by atoms with E-state index in [0.29, 0.717) is 5.69 Å². The van der Waals surface area contributed by atoms with Gasteiger partial charge in [-0.25, -0.2) is 0 Å². The van der Waals surface area contributed by atoms with Crippen LogP contribution in [-0.2, 0) is 0 Å². The molecular weight excluding hydrogens is 218 g/mol. The van der Waals surface area contributed by atoms with Crippen molar-refractivity contribution >= 4 is 11.6 Å². The summed E-state index contributed by atoms with van der Waals surface area (Å²) in [5.41, 5.74) is 1.38. The first kappa shape index (κ1) is 11.4. The Morgan fingerprint density at radius 2 is 2.18 bits per heavy atom. The highest BCUT2D eigenvalue weighted by Crippen LogP contribution is 2.17. The molecule has 1 atom stereocenters. The lowest BCUT2D eigenvalue weighted by atomic mass is 10.1. The zero-order chi connectivity index (χ0) is 12.3. The predicted octanol–water partition coefficient (Wildman–Crippen LogP) is 2.59. The van der Waals surface area contributed by atoms with Crippen LogP contribution in [0.2, 0.25) is 0 Å². The van der Waals surface area contributed by atoms with Crippen LogP contribution in [0.5, 0.6) is 0 Å². The van der Waals surface area contributed by atoms with Gasteiger partial charge < -0.3 is 14.8 Å². The number of amides is 1. The van der Waals surface area contributed by atoms with E-state index in [0.717, 1.165) is 5.56 Å². The number of carbonyl (C=O) groups excluding carboxylic acids is 1. The largest absolute Gasteiger partial charge is 0.459 e. The summed E-state index contributed by atoms with van der Waals surface area (Å²) in [6.07, 6.45) is 0.886. The first-order valence-corrected chi connectivity index (χ1v) is 5.29. The van der Waals surface area contributed by atoms with E-state index < -0.39 is 6.10 Å². The van der Waals surface area contributed by atoms with Crippen molar-refractivity contribution in [2.24, 2.45) is 0 Å². The van der Waals surface area contributed by atoms with E-state index in [1.807, 2.05) is 0 Å². The number of benzene rings is 1. The molecule has 0 radical (unpaired) electrons. The molecule has 1 aromatic carbocycles. The number of hydrogen-bond donors (Lipinski definition) is 2. The molecule has 0 unspecified atom stereocenters. The van der Waals surface area contributed by atoms with Gasteiger partial charge in [-0.2, -0.15) is 0 Å². The molecule has 2 N–H and O–H groups in total. The number of carbonyl (C=O) groups is 1. The van der Waals surface area contributed by atoms with Gasteiger partial charge in [-0.3, -0.25) is 4.79 Å². The van der Waals surface area contributed by atoms with Crippen LogP contribution < -0.4 is 5.32 Å². The summed E-state index contributed by atoms with van der Waals surface area (Å²) in [5.74, 6) is -0.0507. The molecule has 0 spiro atoms. The van der Waals surface area contributed by atoms with Crippen LogP contribution in [0.25, 0.3) is 0 Å². The van der Waals surface area contributed by atoms with E-state index in [9.17, 15) is 9.90 Å². The molecule has 0 aliphatic heterocycles. The van der Waals surface area contributed by atoms with Crippen molar-refractivity contribution in [2.45, 2.75) is 13.0 Å². The molecule has 17 heavy (non-hydrogen) atoms. The standard InChI is InChI=1S/C13H13NO3/c1-9(15)10-4-2-5-11(8-10)14-13(16)12-6-3-7-17-12/h2-9,15H,1H3,(H,14,16)/t9-/m1/s1. The summed E-state index contributed by atoms with van der Waals surface area (Å²) in [6.45, 7) is 1.67. The fourth-order valence-electron chi connectivity index (χ4n) is 1.48. The van der Waals surface area contributed by atoms with Crippen LogP contribution in [0.1, 0.15) is 29.1 Å². The van der Waals surface area contributed by atoms with E-state index in [2.05, 4.69) is 5.32 Å². The van der Waals surface area contributed by atoms with Crippen LogP contribution in [0.3, 0.4) is 0 Å². The van der Waals surface area contributed by atoms with Gasteiger partial charge in [0.05, 0.1) is 12.4 Å². The molecule has 1 amide bonds. The third-order valence-electron chi connectivity index (χ3n) is 2.37. The van der Waals surface area contributed by atoms with Crippen molar-refractivity contribution in [1.29, 1.82) is 0 Å². The normalized spacial score (nSPS) is 12.1. The van der Waals surface area contributed by atoms with Crippen LogP contribution in [0, 0.1) is 0 Å². The minimum Gasteiger partial charge on any atom is -0.459 e. The molecule has 0 fully saturated rings. The summed E-state index contributed by atoms with van der Waals surface area (Å²) in [7, 11) is 0. The van der Waals surface area contributed by atoms with Gasteiger partial charge in [0.2, 0.25) is 0 Å². The Kier molecular flexibility index (Phi) is 3.25. The van der Waals surface area contributed by atoms with E-state index in [1.54, 1.807) is 43.3 Å². The number of anilines is 1. The average molecular weight is 231 g/mol. The fourth-order valence-corrected chi connectivity index (χ4v) is 1.48. The lowest BCUT2D eigenvalue weighted by Gasteiger charge is -2.08. The predicted molar refractivity (Wildman–Crippen MR) is 63.7 cm³/mol. The number of aliphatic hydroxyl groups excluding tert-OH is 1. The molecule has 0 bridgehead atoms. The molecule has 0 saturated carbocycles. The maximum atomic E-state index is 11.7. The Bertz CT molecular complexity index is 503. The Labute approximate surface area is 98.9 Å². The highest BCUT2D eigenvalue weighted by atomic mass is 16.3. The second kappa shape index (κ2) is 4.84. The minimum absolute atomic E-state index is 0.257. The van der Waals surface area contributed by atoms with Crippen molar-refractivity contribution in [3.63, 3.8) is 0 Å². The highest BCUT2D eigenvalue weighted by Gasteiger charge is 2.09. The molecular formula is C13H13NO3. The Hall–Kier alpha value is -2.07. The number of furan rings is 1. The molecule has 0 aliphatic rings. The Morgan fingerprint density at radius 1 is 1.35 bits per heavy atom. The van der Waals surface area contributed by atoms with E-state index in [-0.39, 0.29) is 11.7 Å². The third-order valence-corrected chi connectivity index (χ3v) is 2.37. The third kappa shape index (κ3) is 2.73. The van der Waals surface area contributed by atoms with Crippen LogP contribution in [0.15, 0.2) is 47.1 Å². The molecule has 1 heterocycles. The van der Waals surface area contributed by atoms with Gasteiger partial charge in [0, 0.05) is 5.69 Å². The second-order valence-corrected chi connectivity index (χ2v) is 3.73. The van der Waals surface area contributed by atoms with E-state index in [1.165, 1.54) is 6.26 Å². The number of nitrogens with one attached hydrogen (secondary N) is 1. The topological polar surface area (TPSA) is 62.5 Å². The first-order valence-electron chi connectivity index (χ1n) is 5.29. The summed E-state index contributed by atoms with van der Waals surface area (Å²) >= 11 is 0. The van der Waals surface area contributed by atoms with E-state index >= 15 is 0 Å². The van der Waals surface area contributed by atoms with Gasteiger partial charge >= 0.3 is 0 Å². The summed E-state index contributed by atoms with van der Waals surface area (Å²) in [4.78, 5) is 11.7. The van der Waals surface area contributed by atoms with Crippen LogP contribution in [-0.4, -0.2) is 11.0 Å². The highest BCUT2D eigenvalue weighted by molar-refractivity contribution is 6.02. The molecule has 4 heteroatoms. The summed E-state index contributed by atoms with van der Waals surface area (Å²) in [6, 6.07) is 10.3. The maximum Gasteiger partial charge on any atom is 0.291 e. The minimum atomic E-state index is -0.560. The molecule has 1 aromatic heterocycles. The van der Waals surface area contributed by atoms with Crippen LogP contribution in [0.4, 0.5) is 5.69 Å². The number of rotatable bonds is 3. The summed E-state index contributed by atoms with van der Waals surface area (Å²) in [5, 5.41) is 12.1. The quantitative estimate of drug-likeness (QED) is 0.853. The van der Waals surface area contributed by atoms with Gasteiger partial charge in [0.15, 0.2) is 5.76 Å². The van der Waals surface area contributed by atoms with Crippen molar-refractivity contribution in [3.05, 3.63) is 54.0 Å². The summed E-state index contributed by atoms with van der Waals surface area (Å²) < 4.78 is 4.98. The average Bonchev–Trinajstić information content (AvgIpc) is 2.82. The number of aliphatic hydroxyl groups is 1. The molecule has 4 nitrogen and oxygen atoms in total. The number of hydrogen-bond acceptors (Lipinski definition) is 3. The maximum absolute atomic E-state index is 11.7. The Morgan fingerprint density at radius 3 is 2.82 bits per heavy atom. The fraction of sp³-hybridized carbons (Fsp3) is 0.154. The van der Waals surface area contributed by atoms with Gasteiger partial charge in [-0.05, 0) is 36.8 Å².